The Labute approximate surface area is 111 Å². The van der Waals surface area contributed by atoms with Crippen LogP contribution in [0.4, 0.5) is 5.82 Å². The van der Waals surface area contributed by atoms with Gasteiger partial charge in [0.2, 0.25) is 5.91 Å². The molecule has 1 N–H and O–H groups in total. The fourth-order valence-electron chi connectivity index (χ4n) is 1.35. The first-order chi connectivity index (χ1) is 8.56. The highest BCUT2D eigenvalue weighted by molar-refractivity contribution is 6.29. The van der Waals surface area contributed by atoms with Gasteiger partial charge in [-0.3, -0.25) is 4.79 Å². The van der Waals surface area contributed by atoms with E-state index in [9.17, 15) is 4.79 Å². The van der Waals surface area contributed by atoms with Gasteiger partial charge >= 0.3 is 0 Å². The van der Waals surface area contributed by atoms with E-state index in [1.807, 2.05) is 11.9 Å². The smallest absolute Gasteiger partial charge is 0.221 e. The number of halogens is 1. The maximum atomic E-state index is 11.2. The minimum Gasteiger partial charge on any atom is -0.377 e. The molecule has 0 aliphatic rings. The minimum absolute atomic E-state index is 0.0147. The lowest BCUT2D eigenvalue weighted by Gasteiger charge is -2.18. The molecule has 0 radical (unpaired) electrons. The number of carbonyl (C=O) groups excluding carboxylic acids is 1. The normalized spacial score (nSPS) is 10.2. The second-order valence-electron chi connectivity index (χ2n) is 3.74. The van der Waals surface area contributed by atoms with Crippen LogP contribution in [0.3, 0.4) is 0 Å². The van der Waals surface area contributed by atoms with Crippen molar-refractivity contribution < 1.29 is 9.53 Å². The molecule has 7 heteroatoms. The van der Waals surface area contributed by atoms with Crippen LogP contribution in [0, 0.1) is 0 Å². The number of amides is 1. The Hall–Kier alpha value is -1.40. The molecule has 1 aromatic rings. The fraction of sp³-hybridized carbons (Fsp3) is 0.545. The summed E-state index contributed by atoms with van der Waals surface area (Å²) in [6.07, 6.45) is 0.397. The summed E-state index contributed by atoms with van der Waals surface area (Å²) in [5.41, 5.74) is 0. The first-order valence-corrected chi connectivity index (χ1v) is 5.88. The molecule has 1 heterocycles. The third-order valence-corrected chi connectivity index (χ3v) is 2.54. The summed E-state index contributed by atoms with van der Waals surface area (Å²) >= 11 is 5.91. The second-order valence-corrected chi connectivity index (χ2v) is 4.13. The van der Waals surface area contributed by atoms with Crippen molar-refractivity contribution in [2.75, 3.05) is 32.6 Å². The van der Waals surface area contributed by atoms with Crippen LogP contribution in [0.15, 0.2) is 6.07 Å². The molecule has 1 rings (SSSR count). The predicted molar refractivity (Wildman–Crippen MR) is 69.7 cm³/mol. The van der Waals surface area contributed by atoms with Crippen LogP contribution < -0.4 is 10.2 Å². The standard InChI is InChI=1S/C11H17ClN4O2/c1-13-11(17)4-5-16(2)10-6-8(12)14-9(15-10)7-18-3/h6H,4-5,7H2,1-3H3,(H,13,17). The Morgan fingerprint density at radius 2 is 2.28 bits per heavy atom. The maximum Gasteiger partial charge on any atom is 0.221 e. The highest BCUT2D eigenvalue weighted by Gasteiger charge is 2.09. The number of anilines is 1. The molecule has 0 fully saturated rings. The van der Waals surface area contributed by atoms with Gasteiger partial charge in [-0.25, -0.2) is 9.97 Å². The van der Waals surface area contributed by atoms with Crippen molar-refractivity contribution in [1.82, 2.24) is 15.3 Å². The van der Waals surface area contributed by atoms with Crippen molar-refractivity contribution in [2.45, 2.75) is 13.0 Å². The Morgan fingerprint density at radius 1 is 1.56 bits per heavy atom. The molecule has 0 saturated carbocycles. The van der Waals surface area contributed by atoms with E-state index in [2.05, 4.69) is 15.3 Å². The van der Waals surface area contributed by atoms with Crippen LogP contribution in [0.25, 0.3) is 0 Å². The summed E-state index contributed by atoms with van der Waals surface area (Å²) in [5.74, 6) is 1.18. The molecule has 0 spiro atoms. The zero-order valence-corrected chi connectivity index (χ0v) is 11.5. The monoisotopic (exact) mass is 272 g/mol. The molecule has 1 amide bonds. The first-order valence-electron chi connectivity index (χ1n) is 5.51. The number of methoxy groups -OCH3 is 1. The van der Waals surface area contributed by atoms with E-state index in [0.29, 0.717) is 36.4 Å². The molecule has 1 aromatic heterocycles. The number of ether oxygens (including phenoxy) is 1. The fourth-order valence-corrected chi connectivity index (χ4v) is 1.54. The average molecular weight is 273 g/mol. The number of hydrogen-bond donors (Lipinski definition) is 1. The Balaban J connectivity index is 2.72. The van der Waals surface area contributed by atoms with Gasteiger partial charge in [0.05, 0.1) is 0 Å². The van der Waals surface area contributed by atoms with Gasteiger partial charge in [0.1, 0.15) is 17.6 Å². The van der Waals surface area contributed by atoms with E-state index in [-0.39, 0.29) is 5.91 Å². The number of aromatic nitrogens is 2. The lowest BCUT2D eigenvalue weighted by atomic mass is 10.3. The highest BCUT2D eigenvalue weighted by Crippen LogP contribution is 2.15. The Morgan fingerprint density at radius 3 is 2.89 bits per heavy atom. The molecule has 18 heavy (non-hydrogen) atoms. The lowest BCUT2D eigenvalue weighted by Crippen LogP contribution is -2.27. The van der Waals surface area contributed by atoms with Crippen LogP contribution in [0.1, 0.15) is 12.2 Å². The van der Waals surface area contributed by atoms with Crippen LogP contribution in [-0.4, -0.2) is 43.6 Å². The number of carbonyl (C=O) groups is 1. The summed E-state index contributed by atoms with van der Waals surface area (Å²) in [4.78, 5) is 21.4. The number of nitrogens with zero attached hydrogens (tertiary/aromatic N) is 3. The van der Waals surface area contributed by atoms with Crippen molar-refractivity contribution in [2.24, 2.45) is 0 Å². The van der Waals surface area contributed by atoms with Crippen molar-refractivity contribution in [3.05, 3.63) is 17.0 Å². The van der Waals surface area contributed by atoms with Gasteiger partial charge in [-0.2, -0.15) is 0 Å². The van der Waals surface area contributed by atoms with E-state index in [4.69, 9.17) is 16.3 Å². The van der Waals surface area contributed by atoms with Crippen LogP contribution in [0.2, 0.25) is 5.15 Å². The molecule has 0 atom stereocenters. The van der Waals surface area contributed by atoms with E-state index in [0.717, 1.165) is 0 Å². The molecule has 0 unspecified atom stereocenters. The van der Waals surface area contributed by atoms with E-state index in [1.165, 1.54) is 0 Å². The quantitative estimate of drug-likeness (QED) is 0.778. The summed E-state index contributed by atoms with van der Waals surface area (Å²) in [7, 11) is 5.03. The van der Waals surface area contributed by atoms with E-state index < -0.39 is 0 Å². The maximum absolute atomic E-state index is 11.2. The van der Waals surface area contributed by atoms with Crippen molar-refractivity contribution in [1.29, 1.82) is 0 Å². The SMILES string of the molecule is CNC(=O)CCN(C)c1cc(Cl)nc(COC)n1. The summed E-state index contributed by atoms with van der Waals surface area (Å²) in [6, 6.07) is 1.66. The van der Waals surface area contributed by atoms with Crippen LogP contribution in [0.5, 0.6) is 0 Å². The van der Waals surface area contributed by atoms with Gasteiger partial charge in [-0.05, 0) is 0 Å². The van der Waals surface area contributed by atoms with E-state index >= 15 is 0 Å². The van der Waals surface area contributed by atoms with Crippen LogP contribution in [-0.2, 0) is 16.1 Å². The van der Waals surface area contributed by atoms with E-state index in [1.54, 1.807) is 20.2 Å². The zero-order valence-electron chi connectivity index (χ0n) is 10.7. The lowest BCUT2D eigenvalue weighted by molar-refractivity contribution is -0.120. The zero-order chi connectivity index (χ0) is 13.5. The van der Waals surface area contributed by atoms with Crippen molar-refractivity contribution in [3.63, 3.8) is 0 Å². The molecule has 0 bridgehead atoms. The third-order valence-electron chi connectivity index (χ3n) is 2.35. The number of nitrogens with one attached hydrogen (secondary N) is 1. The van der Waals surface area contributed by atoms with Gasteiger partial charge in [0.15, 0.2) is 5.82 Å². The largest absolute Gasteiger partial charge is 0.377 e. The highest BCUT2D eigenvalue weighted by atomic mass is 35.5. The number of hydrogen-bond acceptors (Lipinski definition) is 5. The molecule has 100 valence electrons. The second kappa shape index (κ2) is 7.13. The van der Waals surface area contributed by atoms with Crippen LogP contribution >= 0.6 is 11.6 Å². The number of rotatable bonds is 6. The summed E-state index contributed by atoms with van der Waals surface area (Å²) < 4.78 is 4.97. The average Bonchev–Trinajstić information content (AvgIpc) is 2.35. The van der Waals surface area contributed by atoms with Crippen molar-refractivity contribution >= 4 is 23.3 Å². The molecular weight excluding hydrogens is 256 g/mol. The topological polar surface area (TPSA) is 67.4 Å². The first kappa shape index (κ1) is 14.7. The van der Waals surface area contributed by atoms with Crippen molar-refractivity contribution in [3.8, 4) is 0 Å². The summed E-state index contributed by atoms with van der Waals surface area (Å²) in [5, 5.41) is 2.93. The molecule has 0 aliphatic heterocycles. The Kier molecular flexibility index (Phi) is 5.80. The summed E-state index contributed by atoms with van der Waals surface area (Å²) in [6.45, 7) is 0.857. The van der Waals surface area contributed by atoms with Gasteiger partial charge in [0, 0.05) is 40.2 Å². The van der Waals surface area contributed by atoms with Gasteiger partial charge in [-0.1, -0.05) is 11.6 Å². The minimum atomic E-state index is -0.0147. The predicted octanol–water partition coefficient (Wildman–Crippen LogP) is 0.849. The Bertz CT molecular complexity index is 414. The molecule has 0 aliphatic carbocycles. The van der Waals surface area contributed by atoms with Gasteiger partial charge in [-0.15, -0.1) is 0 Å². The van der Waals surface area contributed by atoms with Gasteiger partial charge < -0.3 is 15.0 Å². The molecule has 6 nitrogen and oxygen atoms in total. The molecule has 0 aromatic carbocycles. The molecule has 0 saturated heterocycles. The van der Waals surface area contributed by atoms with Gasteiger partial charge in [0.25, 0.3) is 0 Å². The molecular formula is C11H17ClN4O2. The third kappa shape index (κ3) is 4.46.